The van der Waals surface area contributed by atoms with Crippen molar-refractivity contribution in [2.75, 3.05) is 13.2 Å². The van der Waals surface area contributed by atoms with E-state index in [1.807, 2.05) is 60.7 Å². The Labute approximate surface area is 228 Å². The minimum Gasteiger partial charge on any atom is -0.493 e. The third-order valence-corrected chi connectivity index (χ3v) is 6.32. The predicted octanol–water partition coefficient (Wildman–Crippen LogP) is 7.50. The zero-order chi connectivity index (χ0) is 27.5. The second-order valence-corrected chi connectivity index (χ2v) is 9.14. The maximum absolute atomic E-state index is 13.6. The number of ether oxygens (including phenoxy) is 3. The SMILES string of the molecule is CCc1cc(-c2ccc(F)cc2)c(OCc2ccccc2)cc1OCCCOc1ccccc1CCC(=O)O. The molecule has 0 bridgehead atoms. The van der Waals surface area contributed by atoms with Crippen LogP contribution in [0.4, 0.5) is 4.39 Å². The summed E-state index contributed by atoms with van der Waals surface area (Å²) in [5, 5.41) is 8.99. The van der Waals surface area contributed by atoms with Crippen molar-refractivity contribution in [1.29, 1.82) is 0 Å². The van der Waals surface area contributed by atoms with E-state index in [-0.39, 0.29) is 12.2 Å². The third kappa shape index (κ3) is 8.08. The predicted molar refractivity (Wildman–Crippen MR) is 150 cm³/mol. The summed E-state index contributed by atoms with van der Waals surface area (Å²) in [7, 11) is 0. The van der Waals surface area contributed by atoms with Crippen LogP contribution in [0.15, 0.2) is 91.0 Å². The quantitative estimate of drug-likeness (QED) is 0.172. The summed E-state index contributed by atoms with van der Waals surface area (Å²) in [6.07, 6.45) is 1.90. The summed E-state index contributed by atoms with van der Waals surface area (Å²) < 4.78 is 32.0. The normalized spacial score (nSPS) is 10.7. The van der Waals surface area contributed by atoms with Crippen LogP contribution in [0, 0.1) is 5.82 Å². The van der Waals surface area contributed by atoms with E-state index < -0.39 is 5.97 Å². The third-order valence-electron chi connectivity index (χ3n) is 6.32. The van der Waals surface area contributed by atoms with Gasteiger partial charge in [0.1, 0.15) is 29.7 Å². The van der Waals surface area contributed by atoms with Crippen molar-refractivity contribution in [1.82, 2.24) is 0 Å². The molecule has 0 aliphatic carbocycles. The smallest absolute Gasteiger partial charge is 0.303 e. The Morgan fingerprint density at radius 2 is 1.46 bits per heavy atom. The summed E-state index contributed by atoms with van der Waals surface area (Å²) in [6.45, 7) is 3.35. The number of carboxylic acids is 1. The molecule has 0 heterocycles. The molecule has 0 aliphatic rings. The van der Waals surface area contributed by atoms with Crippen LogP contribution in [-0.4, -0.2) is 24.3 Å². The first kappa shape index (κ1) is 27.7. The Morgan fingerprint density at radius 3 is 2.18 bits per heavy atom. The molecule has 39 heavy (non-hydrogen) atoms. The van der Waals surface area contributed by atoms with Crippen molar-refractivity contribution in [2.45, 2.75) is 39.2 Å². The standard InChI is InChI=1S/C33H33FO5/c1-2-25-21-29(26-13-16-28(34)17-14-26)32(39-23-24-9-4-3-5-10-24)22-31(25)38-20-8-19-37-30-12-7-6-11-27(30)15-18-33(35)36/h3-7,9-14,16-17,21-22H,2,8,15,18-20,23H2,1H3,(H,35,36). The molecule has 202 valence electrons. The average molecular weight is 529 g/mol. The van der Waals surface area contributed by atoms with Gasteiger partial charge in [-0.1, -0.05) is 67.6 Å². The number of hydrogen-bond donors (Lipinski definition) is 1. The Kier molecular flexibility index (Phi) is 9.95. The number of carbonyl (C=O) groups is 1. The monoisotopic (exact) mass is 528 g/mol. The molecule has 0 saturated heterocycles. The van der Waals surface area contributed by atoms with Gasteiger partial charge in [0.25, 0.3) is 0 Å². The molecule has 1 N–H and O–H groups in total. The van der Waals surface area contributed by atoms with E-state index >= 15 is 0 Å². The van der Waals surface area contributed by atoms with Crippen LogP contribution in [0.3, 0.4) is 0 Å². The van der Waals surface area contributed by atoms with Gasteiger partial charge in [-0.05, 0) is 59.4 Å². The minimum absolute atomic E-state index is 0.0614. The lowest BCUT2D eigenvalue weighted by Gasteiger charge is -2.18. The number of rotatable bonds is 14. The van der Waals surface area contributed by atoms with E-state index in [2.05, 4.69) is 13.0 Å². The number of hydrogen-bond acceptors (Lipinski definition) is 4. The van der Waals surface area contributed by atoms with Gasteiger partial charge in [0.05, 0.1) is 13.2 Å². The fourth-order valence-electron chi connectivity index (χ4n) is 4.24. The van der Waals surface area contributed by atoms with Crippen molar-refractivity contribution in [3.05, 3.63) is 114 Å². The Morgan fingerprint density at radius 1 is 0.769 bits per heavy atom. The van der Waals surface area contributed by atoms with E-state index in [4.69, 9.17) is 19.3 Å². The van der Waals surface area contributed by atoms with Gasteiger partial charge in [-0.15, -0.1) is 0 Å². The van der Waals surface area contributed by atoms with Gasteiger partial charge in [0.2, 0.25) is 0 Å². The molecule has 0 aromatic heterocycles. The van der Waals surface area contributed by atoms with Gasteiger partial charge in [-0.2, -0.15) is 0 Å². The van der Waals surface area contributed by atoms with Gasteiger partial charge in [-0.25, -0.2) is 4.39 Å². The molecule has 0 fully saturated rings. The molecule has 4 aromatic rings. The summed E-state index contributed by atoms with van der Waals surface area (Å²) in [4.78, 5) is 10.9. The highest BCUT2D eigenvalue weighted by Gasteiger charge is 2.14. The number of para-hydroxylation sites is 1. The molecule has 5 nitrogen and oxygen atoms in total. The molecule has 4 aromatic carbocycles. The molecular formula is C33H33FO5. The second-order valence-electron chi connectivity index (χ2n) is 9.14. The highest BCUT2D eigenvalue weighted by atomic mass is 19.1. The Balaban J connectivity index is 1.44. The van der Waals surface area contributed by atoms with Gasteiger partial charge in [-0.3, -0.25) is 4.79 Å². The zero-order valence-corrected chi connectivity index (χ0v) is 22.1. The van der Waals surface area contributed by atoms with E-state index in [0.29, 0.717) is 44.2 Å². The van der Waals surface area contributed by atoms with Crippen molar-refractivity contribution in [2.24, 2.45) is 0 Å². The van der Waals surface area contributed by atoms with Crippen LogP contribution in [0.5, 0.6) is 17.2 Å². The number of aryl methyl sites for hydroxylation is 2. The lowest BCUT2D eigenvalue weighted by atomic mass is 10.00. The highest BCUT2D eigenvalue weighted by molar-refractivity contribution is 5.73. The van der Waals surface area contributed by atoms with Crippen molar-refractivity contribution in [3.8, 4) is 28.4 Å². The van der Waals surface area contributed by atoms with E-state index in [0.717, 1.165) is 40.0 Å². The number of benzene rings is 4. The first-order valence-electron chi connectivity index (χ1n) is 13.2. The lowest BCUT2D eigenvalue weighted by Crippen LogP contribution is -2.08. The summed E-state index contributed by atoms with van der Waals surface area (Å²) in [6, 6.07) is 27.8. The van der Waals surface area contributed by atoms with Crippen molar-refractivity contribution in [3.63, 3.8) is 0 Å². The van der Waals surface area contributed by atoms with Crippen LogP contribution in [0.2, 0.25) is 0 Å². The average Bonchev–Trinajstić information content (AvgIpc) is 2.96. The number of aliphatic carboxylic acids is 1. The van der Waals surface area contributed by atoms with Gasteiger partial charge < -0.3 is 19.3 Å². The highest BCUT2D eigenvalue weighted by Crippen LogP contribution is 2.37. The largest absolute Gasteiger partial charge is 0.493 e. The first-order chi connectivity index (χ1) is 19.0. The maximum atomic E-state index is 13.6. The lowest BCUT2D eigenvalue weighted by molar-refractivity contribution is -0.136. The topological polar surface area (TPSA) is 65.0 Å². The van der Waals surface area contributed by atoms with Gasteiger partial charge in [0, 0.05) is 24.5 Å². The second kappa shape index (κ2) is 14.0. The van der Waals surface area contributed by atoms with E-state index in [1.54, 1.807) is 12.1 Å². The van der Waals surface area contributed by atoms with Crippen LogP contribution in [0.1, 0.15) is 36.5 Å². The molecule has 6 heteroatoms. The van der Waals surface area contributed by atoms with E-state index in [1.165, 1.54) is 12.1 Å². The molecule has 0 amide bonds. The molecule has 0 unspecified atom stereocenters. The van der Waals surface area contributed by atoms with Crippen molar-refractivity contribution >= 4 is 5.97 Å². The molecule has 0 atom stereocenters. The molecule has 0 radical (unpaired) electrons. The Bertz CT molecular complexity index is 1350. The maximum Gasteiger partial charge on any atom is 0.303 e. The molecular weight excluding hydrogens is 495 g/mol. The van der Waals surface area contributed by atoms with Crippen LogP contribution >= 0.6 is 0 Å². The summed E-state index contributed by atoms with van der Waals surface area (Å²) in [5.41, 5.74) is 4.71. The molecule has 0 aliphatic heterocycles. The van der Waals surface area contributed by atoms with Gasteiger partial charge in [0.15, 0.2) is 0 Å². The molecule has 0 spiro atoms. The summed E-state index contributed by atoms with van der Waals surface area (Å²) in [5.74, 6) is 0.998. The van der Waals surface area contributed by atoms with Crippen LogP contribution in [0.25, 0.3) is 11.1 Å². The van der Waals surface area contributed by atoms with Crippen LogP contribution in [-0.2, 0) is 24.2 Å². The first-order valence-corrected chi connectivity index (χ1v) is 13.2. The van der Waals surface area contributed by atoms with Crippen molar-refractivity contribution < 1.29 is 28.5 Å². The fraction of sp³-hybridized carbons (Fsp3) is 0.242. The fourth-order valence-corrected chi connectivity index (χ4v) is 4.24. The zero-order valence-electron chi connectivity index (χ0n) is 22.1. The molecule has 4 rings (SSSR count). The Hall–Kier alpha value is -4.32. The van der Waals surface area contributed by atoms with E-state index in [9.17, 15) is 9.18 Å². The summed E-state index contributed by atoms with van der Waals surface area (Å²) >= 11 is 0. The van der Waals surface area contributed by atoms with Gasteiger partial charge >= 0.3 is 5.97 Å². The molecule has 0 saturated carbocycles. The minimum atomic E-state index is -0.831. The number of carboxylic acid groups (broad SMARTS) is 1. The number of halogens is 1. The van der Waals surface area contributed by atoms with Crippen LogP contribution < -0.4 is 14.2 Å².